The van der Waals surface area contributed by atoms with Gasteiger partial charge in [0.15, 0.2) is 0 Å². The number of pyridine rings is 1. The lowest BCUT2D eigenvalue weighted by atomic mass is 10.1. The van der Waals surface area contributed by atoms with Gasteiger partial charge in [0.05, 0.1) is 6.10 Å². The second kappa shape index (κ2) is 5.61. The number of aliphatic hydroxyl groups is 1. The van der Waals surface area contributed by atoms with Crippen LogP contribution in [0.5, 0.6) is 0 Å². The maximum absolute atomic E-state index is 11.7. The molecule has 4 heteroatoms. The van der Waals surface area contributed by atoms with Crippen LogP contribution in [0, 0.1) is 12.8 Å². The Labute approximate surface area is 95.7 Å². The maximum Gasteiger partial charge on any atom is 0.251 e. The van der Waals surface area contributed by atoms with Gasteiger partial charge < -0.3 is 10.4 Å². The van der Waals surface area contributed by atoms with Gasteiger partial charge in [0, 0.05) is 24.0 Å². The summed E-state index contributed by atoms with van der Waals surface area (Å²) in [6.45, 7) is 5.93. The molecule has 1 unspecified atom stereocenters. The van der Waals surface area contributed by atoms with Gasteiger partial charge in [-0.15, -0.1) is 0 Å². The van der Waals surface area contributed by atoms with E-state index in [2.05, 4.69) is 10.3 Å². The van der Waals surface area contributed by atoms with Crippen LogP contribution in [-0.2, 0) is 0 Å². The van der Waals surface area contributed by atoms with Crippen LogP contribution in [0.15, 0.2) is 18.3 Å². The number of carbonyl (C=O) groups excluding carboxylic acids is 1. The molecule has 0 radical (unpaired) electrons. The summed E-state index contributed by atoms with van der Waals surface area (Å²) < 4.78 is 0. The van der Waals surface area contributed by atoms with Gasteiger partial charge in [0.25, 0.3) is 5.91 Å². The molecular formula is C12H18N2O2. The van der Waals surface area contributed by atoms with Crippen LogP contribution in [-0.4, -0.2) is 28.6 Å². The molecule has 0 aromatic carbocycles. The highest BCUT2D eigenvalue weighted by Crippen LogP contribution is 2.02. The van der Waals surface area contributed by atoms with Crippen molar-refractivity contribution in [2.45, 2.75) is 26.9 Å². The normalized spacial score (nSPS) is 12.6. The average Bonchev–Trinajstić information content (AvgIpc) is 2.25. The van der Waals surface area contributed by atoms with Gasteiger partial charge in [-0.25, -0.2) is 0 Å². The summed E-state index contributed by atoms with van der Waals surface area (Å²) in [5.41, 5.74) is 1.38. The summed E-state index contributed by atoms with van der Waals surface area (Å²) in [5.74, 6) is -0.0373. The molecule has 1 rings (SSSR count). The van der Waals surface area contributed by atoms with Crippen molar-refractivity contribution in [3.8, 4) is 0 Å². The number of aliphatic hydroxyl groups excluding tert-OH is 1. The molecular weight excluding hydrogens is 204 g/mol. The Hall–Kier alpha value is -1.42. The van der Waals surface area contributed by atoms with E-state index in [-0.39, 0.29) is 18.4 Å². The number of rotatable bonds is 4. The number of hydrogen-bond donors (Lipinski definition) is 2. The van der Waals surface area contributed by atoms with Gasteiger partial charge in [0.2, 0.25) is 0 Å². The van der Waals surface area contributed by atoms with E-state index in [0.29, 0.717) is 5.56 Å². The highest BCUT2D eigenvalue weighted by molar-refractivity contribution is 5.94. The van der Waals surface area contributed by atoms with Crippen molar-refractivity contribution in [3.05, 3.63) is 29.6 Å². The van der Waals surface area contributed by atoms with Crippen molar-refractivity contribution < 1.29 is 9.90 Å². The van der Waals surface area contributed by atoms with Crippen molar-refractivity contribution in [1.82, 2.24) is 10.3 Å². The van der Waals surface area contributed by atoms with Crippen LogP contribution in [0.4, 0.5) is 0 Å². The van der Waals surface area contributed by atoms with Gasteiger partial charge in [-0.1, -0.05) is 13.8 Å². The monoisotopic (exact) mass is 222 g/mol. The highest BCUT2D eigenvalue weighted by Gasteiger charge is 2.11. The van der Waals surface area contributed by atoms with Crippen molar-refractivity contribution in [2.24, 2.45) is 5.92 Å². The first-order valence-corrected chi connectivity index (χ1v) is 5.39. The summed E-state index contributed by atoms with van der Waals surface area (Å²) in [7, 11) is 0. The van der Waals surface area contributed by atoms with E-state index < -0.39 is 6.10 Å². The summed E-state index contributed by atoms with van der Waals surface area (Å²) in [6.07, 6.45) is 1.09. The number of nitrogens with one attached hydrogen (secondary N) is 1. The first kappa shape index (κ1) is 12.6. The zero-order chi connectivity index (χ0) is 12.1. The predicted molar refractivity (Wildman–Crippen MR) is 62.2 cm³/mol. The molecule has 0 aliphatic carbocycles. The van der Waals surface area contributed by atoms with Gasteiger partial charge in [-0.05, 0) is 25.0 Å². The number of amides is 1. The minimum Gasteiger partial charge on any atom is -0.391 e. The van der Waals surface area contributed by atoms with Crippen molar-refractivity contribution >= 4 is 5.91 Å². The lowest BCUT2D eigenvalue weighted by Gasteiger charge is -2.15. The maximum atomic E-state index is 11.7. The minimum absolute atomic E-state index is 0.138. The molecule has 1 heterocycles. The quantitative estimate of drug-likeness (QED) is 0.803. The molecule has 0 spiro atoms. The van der Waals surface area contributed by atoms with E-state index in [0.717, 1.165) is 5.69 Å². The fraction of sp³-hybridized carbons (Fsp3) is 0.500. The Morgan fingerprint density at radius 2 is 2.25 bits per heavy atom. The lowest BCUT2D eigenvalue weighted by Crippen LogP contribution is -2.34. The Morgan fingerprint density at radius 3 is 2.81 bits per heavy atom. The SMILES string of the molecule is Cc1cc(C(=O)NCC(O)C(C)C)ccn1. The van der Waals surface area contributed by atoms with E-state index >= 15 is 0 Å². The summed E-state index contributed by atoms with van der Waals surface area (Å²) in [4.78, 5) is 15.7. The fourth-order valence-electron chi connectivity index (χ4n) is 1.22. The van der Waals surface area contributed by atoms with E-state index in [1.165, 1.54) is 0 Å². The van der Waals surface area contributed by atoms with Crippen LogP contribution in [0.3, 0.4) is 0 Å². The number of aromatic nitrogens is 1. The van der Waals surface area contributed by atoms with Crippen LogP contribution in [0.1, 0.15) is 29.9 Å². The molecule has 1 atom stereocenters. The molecule has 4 nitrogen and oxygen atoms in total. The number of hydrogen-bond acceptors (Lipinski definition) is 3. The third-order valence-electron chi connectivity index (χ3n) is 2.40. The number of nitrogens with zero attached hydrogens (tertiary/aromatic N) is 1. The molecule has 16 heavy (non-hydrogen) atoms. The van der Waals surface area contributed by atoms with Crippen LogP contribution in [0.2, 0.25) is 0 Å². The smallest absolute Gasteiger partial charge is 0.251 e. The minimum atomic E-state index is -0.508. The second-order valence-corrected chi connectivity index (χ2v) is 4.21. The lowest BCUT2D eigenvalue weighted by molar-refractivity contribution is 0.0871. The van der Waals surface area contributed by atoms with Gasteiger partial charge >= 0.3 is 0 Å². The first-order chi connectivity index (χ1) is 7.50. The standard InChI is InChI=1S/C12H18N2O2/c1-8(2)11(15)7-14-12(16)10-4-5-13-9(3)6-10/h4-6,8,11,15H,7H2,1-3H3,(H,14,16). The summed E-state index contributed by atoms with van der Waals surface area (Å²) in [6, 6.07) is 3.38. The Balaban J connectivity index is 2.53. The molecule has 1 aromatic rings. The fourth-order valence-corrected chi connectivity index (χ4v) is 1.22. The zero-order valence-corrected chi connectivity index (χ0v) is 9.90. The molecule has 0 aliphatic heterocycles. The van der Waals surface area contributed by atoms with Crippen molar-refractivity contribution in [3.63, 3.8) is 0 Å². The third-order valence-corrected chi connectivity index (χ3v) is 2.40. The summed E-state index contributed by atoms with van der Waals surface area (Å²) >= 11 is 0. The highest BCUT2D eigenvalue weighted by atomic mass is 16.3. The summed E-state index contributed by atoms with van der Waals surface area (Å²) in [5, 5.41) is 12.2. The Bertz CT molecular complexity index is 364. The molecule has 0 saturated heterocycles. The van der Waals surface area contributed by atoms with E-state index in [9.17, 15) is 9.90 Å². The van der Waals surface area contributed by atoms with Crippen LogP contribution < -0.4 is 5.32 Å². The molecule has 0 fully saturated rings. The van der Waals surface area contributed by atoms with Crippen LogP contribution >= 0.6 is 0 Å². The molecule has 1 aromatic heterocycles. The van der Waals surface area contributed by atoms with Gasteiger partial charge in [0.1, 0.15) is 0 Å². The molecule has 0 saturated carbocycles. The molecule has 2 N–H and O–H groups in total. The topological polar surface area (TPSA) is 62.2 Å². The Kier molecular flexibility index (Phi) is 4.43. The van der Waals surface area contributed by atoms with E-state index in [1.54, 1.807) is 18.3 Å². The van der Waals surface area contributed by atoms with Crippen molar-refractivity contribution in [1.29, 1.82) is 0 Å². The molecule has 88 valence electrons. The van der Waals surface area contributed by atoms with Crippen molar-refractivity contribution in [2.75, 3.05) is 6.54 Å². The largest absolute Gasteiger partial charge is 0.391 e. The van der Waals surface area contributed by atoms with Gasteiger partial charge in [-0.2, -0.15) is 0 Å². The Morgan fingerprint density at radius 1 is 1.56 bits per heavy atom. The number of carbonyl (C=O) groups is 1. The second-order valence-electron chi connectivity index (χ2n) is 4.21. The zero-order valence-electron chi connectivity index (χ0n) is 9.90. The van der Waals surface area contributed by atoms with E-state index in [4.69, 9.17) is 0 Å². The first-order valence-electron chi connectivity index (χ1n) is 5.39. The van der Waals surface area contributed by atoms with E-state index in [1.807, 2.05) is 20.8 Å². The molecule has 0 bridgehead atoms. The molecule has 0 aliphatic rings. The van der Waals surface area contributed by atoms with Gasteiger partial charge in [-0.3, -0.25) is 9.78 Å². The molecule has 1 amide bonds. The predicted octanol–water partition coefficient (Wildman–Crippen LogP) is 1.14. The average molecular weight is 222 g/mol. The van der Waals surface area contributed by atoms with Crippen LogP contribution in [0.25, 0.3) is 0 Å². The third kappa shape index (κ3) is 3.62. The number of aryl methyl sites for hydroxylation is 1.